The number of nitrogens with two attached hydrogens (primary N) is 1. The second-order valence-corrected chi connectivity index (χ2v) is 7.76. The maximum atomic E-state index is 12.6. The lowest BCUT2D eigenvalue weighted by Crippen LogP contribution is -2.32. The molecule has 2 heterocycles. The molecule has 1 unspecified atom stereocenters. The minimum Gasteiger partial charge on any atom is -0.326 e. The van der Waals surface area contributed by atoms with E-state index in [0.29, 0.717) is 23.9 Å². The molecule has 1 saturated heterocycles. The molecule has 0 aromatic carbocycles. The minimum absolute atomic E-state index is 0.288. The van der Waals surface area contributed by atoms with Gasteiger partial charge in [-0.05, 0) is 36.6 Å². The SMILES string of the molecule is CC1CCCN(S(=O)(=O)c2ccsc2CN)CC1. The predicted octanol–water partition coefficient (Wildman–Crippen LogP) is 2.02. The molecule has 1 atom stereocenters. The molecule has 0 radical (unpaired) electrons. The summed E-state index contributed by atoms with van der Waals surface area (Å²) in [6, 6.07) is 1.68. The highest BCUT2D eigenvalue weighted by atomic mass is 32.2. The Morgan fingerprint density at radius 3 is 2.94 bits per heavy atom. The van der Waals surface area contributed by atoms with Crippen LogP contribution in [0.1, 0.15) is 31.1 Å². The van der Waals surface area contributed by atoms with E-state index in [9.17, 15) is 8.42 Å². The Balaban J connectivity index is 2.25. The summed E-state index contributed by atoms with van der Waals surface area (Å²) in [5.41, 5.74) is 5.60. The molecule has 102 valence electrons. The van der Waals surface area contributed by atoms with Gasteiger partial charge in [-0.1, -0.05) is 6.92 Å². The predicted molar refractivity (Wildman–Crippen MR) is 74.0 cm³/mol. The third-order valence-corrected chi connectivity index (χ3v) is 6.54. The fourth-order valence-corrected chi connectivity index (χ4v) is 5.12. The largest absolute Gasteiger partial charge is 0.326 e. The maximum absolute atomic E-state index is 12.6. The Morgan fingerprint density at radius 1 is 1.44 bits per heavy atom. The molecule has 1 fully saturated rings. The van der Waals surface area contributed by atoms with E-state index in [1.807, 2.05) is 0 Å². The van der Waals surface area contributed by atoms with Crippen molar-refractivity contribution in [3.63, 3.8) is 0 Å². The molecule has 2 N–H and O–H groups in total. The molecule has 1 aromatic rings. The molecule has 0 saturated carbocycles. The molecule has 0 spiro atoms. The normalized spacial score (nSPS) is 22.9. The van der Waals surface area contributed by atoms with E-state index in [1.165, 1.54) is 11.3 Å². The van der Waals surface area contributed by atoms with Crippen LogP contribution >= 0.6 is 11.3 Å². The van der Waals surface area contributed by atoms with Gasteiger partial charge in [0.2, 0.25) is 10.0 Å². The number of rotatable bonds is 3. The Morgan fingerprint density at radius 2 is 2.22 bits per heavy atom. The molecular formula is C12H20N2O2S2. The van der Waals surface area contributed by atoms with Crippen LogP contribution in [-0.4, -0.2) is 25.8 Å². The number of nitrogens with zero attached hydrogens (tertiary/aromatic N) is 1. The molecule has 0 bridgehead atoms. The van der Waals surface area contributed by atoms with Gasteiger partial charge in [-0.25, -0.2) is 8.42 Å². The molecule has 1 aliphatic heterocycles. The quantitative estimate of drug-likeness (QED) is 0.925. The summed E-state index contributed by atoms with van der Waals surface area (Å²) in [6.45, 7) is 3.73. The van der Waals surface area contributed by atoms with Gasteiger partial charge in [-0.3, -0.25) is 0 Å². The molecule has 18 heavy (non-hydrogen) atoms. The van der Waals surface area contributed by atoms with Crippen molar-refractivity contribution >= 4 is 21.4 Å². The van der Waals surface area contributed by atoms with Crippen LogP contribution in [-0.2, 0) is 16.6 Å². The fourth-order valence-electron chi connectivity index (χ4n) is 2.32. The number of hydrogen-bond acceptors (Lipinski definition) is 4. The number of sulfonamides is 1. The third kappa shape index (κ3) is 2.77. The van der Waals surface area contributed by atoms with E-state index in [1.54, 1.807) is 15.8 Å². The highest BCUT2D eigenvalue weighted by Gasteiger charge is 2.28. The lowest BCUT2D eigenvalue weighted by molar-refractivity contribution is 0.416. The van der Waals surface area contributed by atoms with Crippen LogP contribution in [0.3, 0.4) is 0 Å². The highest BCUT2D eigenvalue weighted by Crippen LogP contribution is 2.27. The molecule has 1 aliphatic rings. The van der Waals surface area contributed by atoms with Crippen molar-refractivity contribution in [1.82, 2.24) is 4.31 Å². The Hall–Kier alpha value is -0.430. The molecule has 1 aromatic heterocycles. The summed E-state index contributed by atoms with van der Waals surface area (Å²) >= 11 is 1.42. The van der Waals surface area contributed by atoms with Gasteiger partial charge in [0, 0.05) is 24.5 Å². The van der Waals surface area contributed by atoms with E-state index in [2.05, 4.69) is 6.92 Å². The summed E-state index contributed by atoms with van der Waals surface area (Å²) in [6.07, 6.45) is 3.00. The van der Waals surface area contributed by atoms with Gasteiger partial charge in [-0.15, -0.1) is 11.3 Å². The molecule has 2 rings (SSSR count). The Kier molecular flexibility index (Phi) is 4.42. The van der Waals surface area contributed by atoms with E-state index in [0.717, 1.165) is 24.1 Å². The first-order valence-corrected chi connectivity index (χ1v) is 8.64. The van der Waals surface area contributed by atoms with Gasteiger partial charge >= 0.3 is 0 Å². The second-order valence-electron chi connectivity index (χ2n) is 4.85. The third-order valence-electron chi connectivity index (χ3n) is 3.48. The van der Waals surface area contributed by atoms with Crippen molar-refractivity contribution in [3.05, 3.63) is 16.3 Å². The van der Waals surface area contributed by atoms with Gasteiger partial charge in [0.15, 0.2) is 0 Å². The summed E-state index contributed by atoms with van der Waals surface area (Å²) < 4.78 is 26.8. The van der Waals surface area contributed by atoms with E-state index >= 15 is 0 Å². The molecule has 0 aliphatic carbocycles. The second kappa shape index (κ2) is 5.69. The average Bonchev–Trinajstić information content (AvgIpc) is 2.72. The minimum atomic E-state index is -3.34. The van der Waals surface area contributed by atoms with Gasteiger partial charge in [0.05, 0.1) is 4.90 Å². The van der Waals surface area contributed by atoms with Crippen LogP contribution in [0.15, 0.2) is 16.3 Å². The zero-order chi connectivity index (χ0) is 13.2. The highest BCUT2D eigenvalue weighted by molar-refractivity contribution is 7.89. The Bertz CT molecular complexity index is 496. The standard InChI is InChI=1S/C12H20N2O2S2/c1-10-3-2-6-14(7-4-10)18(15,16)12-5-8-17-11(12)9-13/h5,8,10H,2-4,6-7,9,13H2,1H3. The van der Waals surface area contributed by atoms with Crippen LogP contribution in [0.5, 0.6) is 0 Å². The lowest BCUT2D eigenvalue weighted by Gasteiger charge is -2.20. The van der Waals surface area contributed by atoms with Gasteiger partial charge in [0.25, 0.3) is 0 Å². The summed E-state index contributed by atoms with van der Waals surface area (Å²) in [7, 11) is -3.34. The first-order chi connectivity index (χ1) is 8.55. The van der Waals surface area contributed by atoms with Crippen molar-refractivity contribution in [2.75, 3.05) is 13.1 Å². The molecule has 6 heteroatoms. The van der Waals surface area contributed by atoms with Crippen LogP contribution in [0, 0.1) is 5.92 Å². The maximum Gasteiger partial charge on any atom is 0.244 e. The van der Waals surface area contributed by atoms with Gasteiger partial charge in [0.1, 0.15) is 0 Å². The van der Waals surface area contributed by atoms with Crippen LogP contribution in [0.25, 0.3) is 0 Å². The van der Waals surface area contributed by atoms with Crippen molar-refractivity contribution in [3.8, 4) is 0 Å². The monoisotopic (exact) mass is 288 g/mol. The molecular weight excluding hydrogens is 268 g/mol. The first kappa shape index (κ1) is 14.0. The topological polar surface area (TPSA) is 63.4 Å². The average molecular weight is 288 g/mol. The van der Waals surface area contributed by atoms with Gasteiger partial charge in [-0.2, -0.15) is 4.31 Å². The number of hydrogen-bond donors (Lipinski definition) is 1. The van der Waals surface area contributed by atoms with Crippen LogP contribution in [0.2, 0.25) is 0 Å². The summed E-state index contributed by atoms with van der Waals surface area (Å²) in [5, 5.41) is 1.80. The van der Waals surface area contributed by atoms with E-state index < -0.39 is 10.0 Å². The number of thiophene rings is 1. The fraction of sp³-hybridized carbons (Fsp3) is 0.667. The summed E-state index contributed by atoms with van der Waals surface area (Å²) in [5.74, 6) is 0.613. The molecule has 4 nitrogen and oxygen atoms in total. The smallest absolute Gasteiger partial charge is 0.244 e. The summed E-state index contributed by atoms with van der Waals surface area (Å²) in [4.78, 5) is 1.16. The van der Waals surface area contributed by atoms with Crippen LogP contribution < -0.4 is 5.73 Å². The van der Waals surface area contributed by atoms with Crippen molar-refractivity contribution in [2.45, 2.75) is 37.6 Å². The van der Waals surface area contributed by atoms with E-state index in [4.69, 9.17) is 5.73 Å². The van der Waals surface area contributed by atoms with Crippen molar-refractivity contribution in [2.24, 2.45) is 11.7 Å². The first-order valence-electron chi connectivity index (χ1n) is 6.32. The Labute approximate surface area is 113 Å². The zero-order valence-electron chi connectivity index (χ0n) is 10.6. The van der Waals surface area contributed by atoms with E-state index in [-0.39, 0.29) is 6.54 Å². The molecule has 0 amide bonds. The van der Waals surface area contributed by atoms with Gasteiger partial charge < -0.3 is 5.73 Å². The van der Waals surface area contributed by atoms with Crippen molar-refractivity contribution < 1.29 is 8.42 Å². The zero-order valence-corrected chi connectivity index (χ0v) is 12.3. The van der Waals surface area contributed by atoms with Crippen LogP contribution in [0.4, 0.5) is 0 Å². The lowest BCUT2D eigenvalue weighted by atomic mass is 10.0. The van der Waals surface area contributed by atoms with Crippen molar-refractivity contribution in [1.29, 1.82) is 0 Å².